The average molecular weight is 512 g/mol. The standard InChI is InChI=1S/C36H37N3/c1-35(2,3)28-23-29(36(4,5)6)25-31(24-28)39(30-17-12-16-27(22-30)32-18-10-11-21-37-32)34-20-13-19-33(38-34)26-14-8-7-9-15-26/h7-25H,1-6H3. The minimum absolute atomic E-state index is 0.00317. The van der Waals surface area contributed by atoms with E-state index in [0.29, 0.717) is 0 Å². The summed E-state index contributed by atoms with van der Waals surface area (Å²) in [6, 6.07) is 38.2. The summed E-state index contributed by atoms with van der Waals surface area (Å²) in [5.41, 5.74) is 8.80. The lowest BCUT2D eigenvalue weighted by atomic mass is 9.80. The van der Waals surface area contributed by atoms with Crippen molar-refractivity contribution >= 4 is 17.2 Å². The van der Waals surface area contributed by atoms with Gasteiger partial charge in [0.2, 0.25) is 0 Å². The first-order valence-electron chi connectivity index (χ1n) is 13.6. The van der Waals surface area contributed by atoms with Crippen LogP contribution in [0.15, 0.2) is 115 Å². The fourth-order valence-electron chi connectivity index (χ4n) is 4.68. The molecule has 0 aliphatic heterocycles. The summed E-state index contributed by atoms with van der Waals surface area (Å²) >= 11 is 0. The summed E-state index contributed by atoms with van der Waals surface area (Å²) in [5.74, 6) is 0.875. The molecule has 0 spiro atoms. The molecule has 2 heterocycles. The Labute approximate surface area is 233 Å². The first kappa shape index (κ1) is 26.4. The van der Waals surface area contributed by atoms with Crippen molar-refractivity contribution in [2.24, 2.45) is 0 Å². The third kappa shape index (κ3) is 5.93. The summed E-state index contributed by atoms with van der Waals surface area (Å²) in [5, 5.41) is 0. The highest BCUT2D eigenvalue weighted by Gasteiger charge is 2.24. The molecule has 0 unspecified atom stereocenters. The minimum Gasteiger partial charge on any atom is -0.295 e. The molecule has 39 heavy (non-hydrogen) atoms. The lowest BCUT2D eigenvalue weighted by molar-refractivity contribution is 0.568. The maximum absolute atomic E-state index is 5.19. The molecule has 0 atom stereocenters. The van der Waals surface area contributed by atoms with Crippen LogP contribution in [-0.2, 0) is 10.8 Å². The Balaban J connectivity index is 1.75. The van der Waals surface area contributed by atoms with Crippen molar-refractivity contribution in [1.82, 2.24) is 9.97 Å². The molecule has 5 rings (SSSR count). The Morgan fingerprint density at radius 3 is 1.77 bits per heavy atom. The van der Waals surface area contributed by atoms with Gasteiger partial charge >= 0.3 is 0 Å². The molecule has 0 aliphatic carbocycles. The lowest BCUT2D eigenvalue weighted by Gasteiger charge is -2.31. The molecule has 2 aromatic heterocycles. The van der Waals surface area contributed by atoms with E-state index in [1.54, 1.807) is 0 Å². The molecule has 3 nitrogen and oxygen atoms in total. The Kier molecular flexibility index (Phi) is 7.10. The molecule has 3 heteroatoms. The zero-order valence-corrected chi connectivity index (χ0v) is 23.8. The molecule has 0 fully saturated rings. The van der Waals surface area contributed by atoms with Gasteiger partial charge in [0.25, 0.3) is 0 Å². The van der Waals surface area contributed by atoms with Crippen LogP contribution in [0.3, 0.4) is 0 Å². The van der Waals surface area contributed by atoms with E-state index < -0.39 is 0 Å². The SMILES string of the molecule is CC(C)(C)c1cc(N(c2cccc(-c3ccccn3)c2)c2cccc(-c3ccccc3)n2)cc(C(C)(C)C)c1. The largest absolute Gasteiger partial charge is 0.295 e. The van der Waals surface area contributed by atoms with Gasteiger partial charge in [-0.2, -0.15) is 0 Å². The molecule has 3 aromatic carbocycles. The normalized spacial score (nSPS) is 11.8. The molecule has 0 N–H and O–H groups in total. The summed E-state index contributed by atoms with van der Waals surface area (Å²) in [4.78, 5) is 12.1. The second-order valence-corrected chi connectivity index (χ2v) is 12.1. The van der Waals surface area contributed by atoms with Gasteiger partial charge in [0, 0.05) is 28.7 Å². The first-order valence-corrected chi connectivity index (χ1v) is 13.6. The summed E-state index contributed by atoms with van der Waals surface area (Å²) in [6.07, 6.45) is 1.84. The maximum Gasteiger partial charge on any atom is 0.138 e. The minimum atomic E-state index is -0.00317. The van der Waals surface area contributed by atoms with Gasteiger partial charge in [-0.1, -0.05) is 102 Å². The van der Waals surface area contributed by atoms with Crippen molar-refractivity contribution in [2.75, 3.05) is 4.90 Å². The Morgan fingerprint density at radius 2 is 1.13 bits per heavy atom. The molecule has 5 aromatic rings. The molecule has 0 amide bonds. The van der Waals surface area contributed by atoms with Gasteiger partial charge in [0.1, 0.15) is 5.82 Å². The van der Waals surface area contributed by atoms with Crippen LogP contribution < -0.4 is 4.90 Å². The summed E-state index contributed by atoms with van der Waals surface area (Å²) < 4.78 is 0. The highest BCUT2D eigenvalue weighted by molar-refractivity contribution is 5.79. The van der Waals surface area contributed by atoms with Gasteiger partial charge < -0.3 is 0 Å². The molecule has 0 bridgehead atoms. The summed E-state index contributed by atoms with van der Waals surface area (Å²) in [6.45, 7) is 13.7. The van der Waals surface area contributed by atoms with E-state index in [1.807, 2.05) is 24.4 Å². The van der Waals surface area contributed by atoms with Crippen LogP contribution in [0.1, 0.15) is 52.7 Å². The van der Waals surface area contributed by atoms with E-state index in [4.69, 9.17) is 4.98 Å². The zero-order valence-electron chi connectivity index (χ0n) is 23.8. The van der Waals surface area contributed by atoms with Crippen molar-refractivity contribution in [1.29, 1.82) is 0 Å². The Hall–Kier alpha value is -4.24. The van der Waals surface area contributed by atoms with E-state index in [2.05, 4.69) is 142 Å². The number of nitrogens with zero attached hydrogens (tertiary/aromatic N) is 3. The molecule has 196 valence electrons. The van der Waals surface area contributed by atoms with Crippen LogP contribution >= 0.6 is 0 Å². The quantitative estimate of drug-likeness (QED) is 0.235. The smallest absolute Gasteiger partial charge is 0.138 e. The zero-order chi connectivity index (χ0) is 27.6. The van der Waals surface area contributed by atoms with Crippen molar-refractivity contribution in [3.05, 3.63) is 127 Å². The fourth-order valence-corrected chi connectivity index (χ4v) is 4.68. The van der Waals surface area contributed by atoms with Crippen LogP contribution in [-0.4, -0.2) is 9.97 Å². The van der Waals surface area contributed by atoms with Gasteiger partial charge in [0.05, 0.1) is 11.4 Å². The topological polar surface area (TPSA) is 29.0 Å². The predicted octanol–water partition coefficient (Wildman–Crippen LogP) is 9.88. The van der Waals surface area contributed by atoms with Gasteiger partial charge in [-0.3, -0.25) is 9.88 Å². The van der Waals surface area contributed by atoms with Gasteiger partial charge in [-0.05, 0) is 70.5 Å². The fraction of sp³-hybridized carbons (Fsp3) is 0.222. The molecular weight excluding hydrogens is 474 g/mol. The van der Waals surface area contributed by atoms with Gasteiger partial charge in [-0.25, -0.2) is 4.98 Å². The van der Waals surface area contributed by atoms with Crippen molar-refractivity contribution in [2.45, 2.75) is 52.4 Å². The number of benzene rings is 3. The van der Waals surface area contributed by atoms with Crippen molar-refractivity contribution in [3.63, 3.8) is 0 Å². The predicted molar refractivity (Wildman–Crippen MR) is 165 cm³/mol. The lowest BCUT2D eigenvalue weighted by Crippen LogP contribution is -2.19. The van der Waals surface area contributed by atoms with Crippen LogP contribution in [0.5, 0.6) is 0 Å². The maximum atomic E-state index is 5.19. The van der Waals surface area contributed by atoms with Crippen LogP contribution in [0.2, 0.25) is 0 Å². The number of hydrogen-bond acceptors (Lipinski definition) is 3. The Bertz CT molecular complexity index is 1440. The van der Waals surface area contributed by atoms with Gasteiger partial charge in [-0.15, -0.1) is 0 Å². The monoisotopic (exact) mass is 511 g/mol. The van der Waals surface area contributed by atoms with E-state index >= 15 is 0 Å². The van der Waals surface area contributed by atoms with Crippen molar-refractivity contribution in [3.8, 4) is 22.5 Å². The van der Waals surface area contributed by atoms with Crippen LogP contribution in [0, 0.1) is 0 Å². The molecule has 0 saturated carbocycles. The van der Waals surface area contributed by atoms with E-state index in [0.717, 1.165) is 39.7 Å². The third-order valence-electron chi connectivity index (χ3n) is 7.01. The number of aromatic nitrogens is 2. The molecule has 0 radical (unpaired) electrons. The van der Waals surface area contributed by atoms with Crippen LogP contribution in [0.25, 0.3) is 22.5 Å². The second-order valence-electron chi connectivity index (χ2n) is 12.1. The molecule has 0 saturated heterocycles. The molecular formula is C36H37N3. The number of pyridine rings is 2. The number of hydrogen-bond donors (Lipinski definition) is 0. The number of anilines is 3. The summed E-state index contributed by atoms with van der Waals surface area (Å²) in [7, 11) is 0. The Morgan fingerprint density at radius 1 is 0.513 bits per heavy atom. The van der Waals surface area contributed by atoms with Crippen molar-refractivity contribution < 1.29 is 0 Å². The second kappa shape index (κ2) is 10.5. The van der Waals surface area contributed by atoms with E-state index in [9.17, 15) is 0 Å². The van der Waals surface area contributed by atoms with Crippen LogP contribution in [0.4, 0.5) is 17.2 Å². The highest BCUT2D eigenvalue weighted by atomic mass is 15.2. The average Bonchev–Trinajstić information content (AvgIpc) is 2.93. The highest BCUT2D eigenvalue weighted by Crippen LogP contribution is 2.40. The molecule has 0 aliphatic rings. The van der Waals surface area contributed by atoms with E-state index in [1.165, 1.54) is 11.1 Å². The van der Waals surface area contributed by atoms with Gasteiger partial charge in [0.15, 0.2) is 0 Å². The number of rotatable bonds is 5. The van der Waals surface area contributed by atoms with E-state index in [-0.39, 0.29) is 10.8 Å². The third-order valence-corrected chi connectivity index (χ3v) is 7.01. The first-order chi connectivity index (χ1) is 18.6.